The molecule has 0 spiro atoms. The highest BCUT2D eigenvalue weighted by atomic mass is 32.1. The summed E-state index contributed by atoms with van der Waals surface area (Å²) in [4.78, 5) is 30.8. The van der Waals surface area contributed by atoms with Crippen molar-refractivity contribution in [1.29, 1.82) is 0 Å². The van der Waals surface area contributed by atoms with Crippen molar-refractivity contribution in [3.8, 4) is 11.3 Å². The predicted molar refractivity (Wildman–Crippen MR) is 98.4 cm³/mol. The normalized spacial score (nSPS) is 16.8. The van der Waals surface area contributed by atoms with Crippen LogP contribution in [0.4, 0.5) is 5.13 Å². The van der Waals surface area contributed by atoms with E-state index in [1.807, 2.05) is 41.8 Å². The number of hydrogen-bond donors (Lipinski definition) is 1. The van der Waals surface area contributed by atoms with Gasteiger partial charge < -0.3 is 14.6 Å². The molecule has 1 atom stereocenters. The van der Waals surface area contributed by atoms with E-state index >= 15 is 0 Å². The number of nitrogens with one attached hydrogen (secondary N) is 1. The van der Waals surface area contributed by atoms with E-state index in [2.05, 4.69) is 10.3 Å². The molecule has 26 heavy (non-hydrogen) atoms. The van der Waals surface area contributed by atoms with Crippen LogP contribution >= 0.6 is 11.3 Å². The third kappa shape index (κ3) is 3.52. The molecule has 1 unspecified atom stereocenters. The van der Waals surface area contributed by atoms with Gasteiger partial charge in [0.2, 0.25) is 11.8 Å². The number of carbonyl (C=O) groups is 2. The fraction of sp³-hybridized carbons (Fsp3) is 0.211. The van der Waals surface area contributed by atoms with Gasteiger partial charge in [-0.1, -0.05) is 30.3 Å². The van der Waals surface area contributed by atoms with Crippen LogP contribution in [-0.4, -0.2) is 28.2 Å². The largest absolute Gasteiger partial charge is 0.467 e. The summed E-state index contributed by atoms with van der Waals surface area (Å²) in [5.74, 6) is 0.133. The zero-order valence-electron chi connectivity index (χ0n) is 13.9. The number of amides is 2. The zero-order valence-corrected chi connectivity index (χ0v) is 14.7. The van der Waals surface area contributed by atoms with E-state index < -0.39 is 0 Å². The Morgan fingerprint density at radius 3 is 2.88 bits per heavy atom. The molecule has 1 N–H and O–H groups in total. The van der Waals surface area contributed by atoms with Crippen molar-refractivity contribution in [3.05, 3.63) is 59.9 Å². The molecule has 4 rings (SSSR count). The lowest BCUT2D eigenvalue weighted by molar-refractivity contribution is -0.128. The molecule has 1 aliphatic heterocycles. The number of thiazole rings is 1. The Balaban J connectivity index is 1.38. The molecule has 0 bridgehead atoms. The Labute approximate surface area is 154 Å². The van der Waals surface area contributed by atoms with Gasteiger partial charge in [-0.3, -0.25) is 9.59 Å². The minimum absolute atomic E-state index is 0.0364. The summed E-state index contributed by atoms with van der Waals surface area (Å²) in [6.07, 6.45) is 1.79. The monoisotopic (exact) mass is 367 g/mol. The maximum Gasteiger partial charge on any atom is 0.231 e. The number of likely N-dealkylation sites (tertiary alicyclic amines) is 1. The Morgan fingerprint density at radius 1 is 1.27 bits per heavy atom. The van der Waals surface area contributed by atoms with Gasteiger partial charge in [-0.2, -0.15) is 0 Å². The molecule has 2 aromatic heterocycles. The topological polar surface area (TPSA) is 75.4 Å². The summed E-state index contributed by atoms with van der Waals surface area (Å²) in [5, 5.41) is 5.30. The van der Waals surface area contributed by atoms with Crippen molar-refractivity contribution < 1.29 is 14.0 Å². The van der Waals surface area contributed by atoms with Crippen molar-refractivity contribution in [2.45, 2.75) is 13.0 Å². The Morgan fingerprint density at radius 2 is 2.12 bits per heavy atom. The van der Waals surface area contributed by atoms with Crippen LogP contribution in [0, 0.1) is 5.92 Å². The third-order valence-corrected chi connectivity index (χ3v) is 5.07. The molecule has 1 saturated heterocycles. The molecule has 1 fully saturated rings. The lowest BCUT2D eigenvalue weighted by Gasteiger charge is -2.14. The summed E-state index contributed by atoms with van der Waals surface area (Å²) in [6, 6.07) is 13.4. The van der Waals surface area contributed by atoms with Crippen molar-refractivity contribution in [2.24, 2.45) is 5.92 Å². The lowest BCUT2D eigenvalue weighted by Crippen LogP contribution is -2.27. The molecule has 6 nitrogen and oxygen atoms in total. The summed E-state index contributed by atoms with van der Waals surface area (Å²) >= 11 is 1.38. The van der Waals surface area contributed by atoms with Gasteiger partial charge in [0, 0.05) is 23.9 Å². The van der Waals surface area contributed by atoms with Crippen molar-refractivity contribution >= 4 is 28.3 Å². The van der Waals surface area contributed by atoms with Crippen LogP contribution in [0.2, 0.25) is 0 Å². The molecule has 3 aromatic rings. The number of benzene rings is 1. The summed E-state index contributed by atoms with van der Waals surface area (Å²) in [6.45, 7) is 0.785. The van der Waals surface area contributed by atoms with E-state index in [1.54, 1.807) is 17.2 Å². The van der Waals surface area contributed by atoms with Gasteiger partial charge in [0.15, 0.2) is 5.13 Å². The summed E-state index contributed by atoms with van der Waals surface area (Å²) in [7, 11) is 0. The molecule has 3 heterocycles. The van der Waals surface area contributed by atoms with E-state index in [9.17, 15) is 9.59 Å². The SMILES string of the molecule is O=C(Nc1nc(-c2ccccc2)cs1)C1CC(=O)N(Cc2ccco2)C1. The molecular formula is C19H17N3O3S. The van der Waals surface area contributed by atoms with E-state index in [1.165, 1.54) is 11.3 Å². The molecule has 1 aromatic carbocycles. The number of hydrogen-bond acceptors (Lipinski definition) is 5. The van der Waals surface area contributed by atoms with Gasteiger partial charge in [-0.15, -0.1) is 11.3 Å². The average molecular weight is 367 g/mol. The Hall–Kier alpha value is -2.93. The fourth-order valence-electron chi connectivity index (χ4n) is 2.97. The lowest BCUT2D eigenvalue weighted by atomic mass is 10.1. The summed E-state index contributed by atoms with van der Waals surface area (Å²) < 4.78 is 5.28. The first-order chi connectivity index (χ1) is 12.7. The second-order valence-electron chi connectivity index (χ2n) is 6.15. The zero-order chi connectivity index (χ0) is 17.9. The van der Waals surface area contributed by atoms with Gasteiger partial charge in [0.05, 0.1) is 24.4 Å². The van der Waals surface area contributed by atoms with Crippen molar-refractivity contribution in [2.75, 3.05) is 11.9 Å². The molecule has 0 radical (unpaired) electrons. The van der Waals surface area contributed by atoms with Crippen LogP contribution in [0.15, 0.2) is 58.5 Å². The van der Waals surface area contributed by atoms with E-state index in [-0.39, 0.29) is 24.2 Å². The molecule has 2 amide bonds. The number of nitrogens with zero attached hydrogens (tertiary/aromatic N) is 2. The van der Waals surface area contributed by atoms with Crippen molar-refractivity contribution in [1.82, 2.24) is 9.88 Å². The molecular weight excluding hydrogens is 350 g/mol. The van der Waals surface area contributed by atoms with Crippen LogP contribution in [0.3, 0.4) is 0 Å². The highest BCUT2D eigenvalue weighted by Crippen LogP contribution is 2.26. The first kappa shape index (κ1) is 16.5. The maximum absolute atomic E-state index is 12.5. The molecule has 0 aliphatic carbocycles. The number of aromatic nitrogens is 1. The summed E-state index contributed by atoms with van der Waals surface area (Å²) in [5.41, 5.74) is 1.83. The number of carbonyl (C=O) groups excluding carboxylic acids is 2. The number of rotatable bonds is 5. The third-order valence-electron chi connectivity index (χ3n) is 4.32. The minimum atomic E-state index is -0.374. The highest BCUT2D eigenvalue weighted by Gasteiger charge is 2.34. The van der Waals surface area contributed by atoms with E-state index in [0.717, 1.165) is 11.3 Å². The fourth-order valence-corrected chi connectivity index (χ4v) is 3.69. The van der Waals surface area contributed by atoms with Crippen LogP contribution in [0.25, 0.3) is 11.3 Å². The van der Waals surface area contributed by atoms with Crippen LogP contribution in [0.5, 0.6) is 0 Å². The maximum atomic E-state index is 12.5. The van der Waals surface area contributed by atoms with Crippen LogP contribution in [0.1, 0.15) is 12.2 Å². The molecule has 0 saturated carbocycles. The highest BCUT2D eigenvalue weighted by molar-refractivity contribution is 7.14. The van der Waals surface area contributed by atoms with Gasteiger partial charge in [-0.25, -0.2) is 4.98 Å². The molecule has 1 aliphatic rings. The molecule has 7 heteroatoms. The second-order valence-corrected chi connectivity index (χ2v) is 7.01. The molecule has 132 valence electrons. The minimum Gasteiger partial charge on any atom is -0.467 e. The van der Waals surface area contributed by atoms with Gasteiger partial charge >= 0.3 is 0 Å². The Bertz CT molecular complexity index is 905. The van der Waals surface area contributed by atoms with Crippen molar-refractivity contribution in [3.63, 3.8) is 0 Å². The smallest absolute Gasteiger partial charge is 0.231 e. The van der Waals surface area contributed by atoms with Crippen LogP contribution < -0.4 is 5.32 Å². The van der Waals surface area contributed by atoms with Gasteiger partial charge in [0.1, 0.15) is 5.76 Å². The van der Waals surface area contributed by atoms with Gasteiger partial charge in [-0.05, 0) is 12.1 Å². The number of anilines is 1. The van der Waals surface area contributed by atoms with E-state index in [0.29, 0.717) is 24.0 Å². The predicted octanol–water partition coefficient (Wildman–Crippen LogP) is 3.39. The van der Waals surface area contributed by atoms with E-state index in [4.69, 9.17) is 4.42 Å². The van der Waals surface area contributed by atoms with Crippen LogP contribution in [-0.2, 0) is 16.1 Å². The Kier molecular flexibility index (Phi) is 4.53. The number of furan rings is 1. The standard InChI is InChI=1S/C19H17N3O3S/c23-17-9-14(10-22(17)11-15-7-4-8-25-15)18(24)21-19-20-16(12-26-19)13-5-2-1-3-6-13/h1-8,12,14H,9-11H2,(H,20,21,24). The quantitative estimate of drug-likeness (QED) is 0.750. The first-order valence-electron chi connectivity index (χ1n) is 8.31. The van der Waals surface area contributed by atoms with Gasteiger partial charge in [0.25, 0.3) is 0 Å². The average Bonchev–Trinajstić information content (AvgIpc) is 3.39. The second kappa shape index (κ2) is 7.13. The first-order valence-corrected chi connectivity index (χ1v) is 9.19.